The number of hydrogen-bond donors (Lipinski definition) is 0. The lowest BCUT2D eigenvalue weighted by molar-refractivity contribution is -0.0537. The zero-order valence-electron chi connectivity index (χ0n) is 15.4. The smallest absolute Gasteiger partial charge is 0.0781 e. The van der Waals surface area contributed by atoms with Crippen LogP contribution in [0.3, 0.4) is 0 Å². The average Bonchev–Trinajstić information content (AvgIpc) is 2.52. The van der Waals surface area contributed by atoms with Crippen molar-refractivity contribution < 1.29 is 14.2 Å². The number of hydrogen-bond acceptors (Lipinski definition) is 3. The Hall–Kier alpha value is -0.120. The van der Waals surface area contributed by atoms with Gasteiger partial charge in [0.25, 0.3) is 0 Å². The predicted octanol–water partition coefficient (Wildman–Crippen LogP) is 5.18. The average molecular weight is 316 g/mol. The molecule has 22 heavy (non-hydrogen) atoms. The zero-order chi connectivity index (χ0) is 16.5. The Bertz CT molecular complexity index is 209. The van der Waals surface area contributed by atoms with Crippen molar-refractivity contribution in [3.8, 4) is 0 Å². The molecule has 0 N–H and O–H groups in total. The van der Waals surface area contributed by atoms with Crippen LogP contribution in [-0.4, -0.2) is 38.6 Å². The van der Waals surface area contributed by atoms with Gasteiger partial charge in [0.05, 0.1) is 25.4 Å². The summed E-state index contributed by atoms with van der Waals surface area (Å²) in [5, 5.41) is 0. The molecule has 0 amide bonds. The van der Waals surface area contributed by atoms with Crippen LogP contribution >= 0.6 is 0 Å². The summed E-state index contributed by atoms with van der Waals surface area (Å²) >= 11 is 0. The summed E-state index contributed by atoms with van der Waals surface area (Å²) in [4.78, 5) is 0. The van der Waals surface area contributed by atoms with Gasteiger partial charge in [-0.1, -0.05) is 58.8 Å². The van der Waals surface area contributed by atoms with Gasteiger partial charge in [0.15, 0.2) is 0 Å². The quantitative estimate of drug-likeness (QED) is 0.346. The molecule has 1 radical (unpaired) electrons. The Morgan fingerprint density at radius 2 is 1.36 bits per heavy atom. The molecule has 0 aromatic rings. The van der Waals surface area contributed by atoms with Gasteiger partial charge in [-0.05, 0) is 26.7 Å². The van der Waals surface area contributed by atoms with Gasteiger partial charge in [0.2, 0.25) is 0 Å². The third kappa shape index (κ3) is 16.3. The Kier molecular flexibility index (Phi) is 17.1. The Balaban J connectivity index is 3.22. The van der Waals surface area contributed by atoms with Crippen LogP contribution in [0.1, 0.15) is 79.1 Å². The summed E-state index contributed by atoms with van der Waals surface area (Å²) in [7, 11) is 0. The van der Waals surface area contributed by atoms with E-state index in [0.717, 1.165) is 6.61 Å². The summed E-state index contributed by atoms with van der Waals surface area (Å²) in [6, 6.07) is 0. The van der Waals surface area contributed by atoms with Gasteiger partial charge in [-0.15, -0.1) is 0 Å². The summed E-state index contributed by atoms with van der Waals surface area (Å²) in [6.45, 7) is 11.2. The molecule has 0 aromatic heterocycles. The first kappa shape index (κ1) is 21.9. The minimum atomic E-state index is 0.144. The Morgan fingerprint density at radius 1 is 0.773 bits per heavy atom. The largest absolute Gasteiger partial charge is 0.379 e. The molecule has 0 fully saturated rings. The Labute approximate surface area is 139 Å². The van der Waals surface area contributed by atoms with Crippen LogP contribution in [-0.2, 0) is 14.2 Å². The lowest BCUT2D eigenvalue weighted by atomic mass is 10.1. The van der Waals surface area contributed by atoms with Crippen molar-refractivity contribution >= 4 is 0 Å². The molecule has 3 nitrogen and oxygen atoms in total. The highest BCUT2D eigenvalue weighted by molar-refractivity contribution is 4.57. The molecule has 0 aliphatic carbocycles. The van der Waals surface area contributed by atoms with Crippen LogP contribution in [0.15, 0.2) is 0 Å². The van der Waals surface area contributed by atoms with Crippen LogP contribution in [0.5, 0.6) is 0 Å². The van der Waals surface area contributed by atoms with E-state index in [9.17, 15) is 0 Å². The van der Waals surface area contributed by atoms with Crippen molar-refractivity contribution in [2.24, 2.45) is 0 Å². The van der Waals surface area contributed by atoms with Crippen molar-refractivity contribution in [1.29, 1.82) is 0 Å². The predicted molar refractivity (Wildman–Crippen MR) is 94.2 cm³/mol. The van der Waals surface area contributed by atoms with Crippen LogP contribution in [0.25, 0.3) is 0 Å². The van der Waals surface area contributed by atoms with Crippen LogP contribution in [0.2, 0.25) is 0 Å². The van der Waals surface area contributed by atoms with E-state index in [-0.39, 0.29) is 12.2 Å². The minimum absolute atomic E-state index is 0.144. The number of unbranched alkanes of at least 4 members (excludes halogenated alkanes) is 7. The van der Waals surface area contributed by atoms with Crippen LogP contribution < -0.4 is 0 Å². The summed E-state index contributed by atoms with van der Waals surface area (Å²) < 4.78 is 16.9. The highest BCUT2D eigenvalue weighted by Gasteiger charge is 2.06. The zero-order valence-corrected chi connectivity index (χ0v) is 15.4. The highest BCUT2D eigenvalue weighted by Crippen LogP contribution is 2.08. The van der Waals surface area contributed by atoms with E-state index in [1.54, 1.807) is 0 Å². The molecular formula is C19H39O3. The van der Waals surface area contributed by atoms with Crippen molar-refractivity contribution in [1.82, 2.24) is 0 Å². The van der Waals surface area contributed by atoms with E-state index >= 15 is 0 Å². The van der Waals surface area contributed by atoms with Crippen LogP contribution in [0.4, 0.5) is 0 Å². The van der Waals surface area contributed by atoms with Gasteiger partial charge in [0.1, 0.15) is 0 Å². The van der Waals surface area contributed by atoms with Gasteiger partial charge in [-0.3, -0.25) is 0 Å². The standard InChI is InChI=1S/C19H39O3/c1-5-7-8-9-10-11-12-13-15-20-16-18(3)22-17-19(4)21-14-6-2/h6,18-19H,5,7-17H2,1-4H3. The van der Waals surface area contributed by atoms with E-state index < -0.39 is 0 Å². The van der Waals surface area contributed by atoms with Crippen LogP contribution in [0, 0.1) is 6.42 Å². The second kappa shape index (κ2) is 17.2. The lowest BCUT2D eigenvalue weighted by Gasteiger charge is -2.17. The molecule has 0 heterocycles. The molecule has 0 aliphatic heterocycles. The van der Waals surface area contributed by atoms with E-state index in [4.69, 9.17) is 14.2 Å². The van der Waals surface area contributed by atoms with Crippen molar-refractivity contribution in [2.75, 3.05) is 26.4 Å². The summed E-state index contributed by atoms with van der Waals surface area (Å²) in [5.41, 5.74) is 0. The molecular weight excluding hydrogens is 276 g/mol. The van der Waals surface area contributed by atoms with Gasteiger partial charge in [0, 0.05) is 13.2 Å². The fourth-order valence-electron chi connectivity index (χ4n) is 2.24. The molecule has 0 aliphatic rings. The molecule has 0 bridgehead atoms. The number of ether oxygens (including phenoxy) is 3. The van der Waals surface area contributed by atoms with Crippen molar-refractivity contribution in [3.05, 3.63) is 6.42 Å². The van der Waals surface area contributed by atoms with E-state index in [1.165, 1.54) is 51.4 Å². The molecule has 2 atom stereocenters. The third-order valence-electron chi connectivity index (χ3n) is 3.66. The van der Waals surface area contributed by atoms with Gasteiger partial charge < -0.3 is 14.2 Å². The highest BCUT2D eigenvalue weighted by atomic mass is 16.6. The normalized spacial score (nSPS) is 14.2. The maximum absolute atomic E-state index is 5.72. The first-order chi connectivity index (χ1) is 10.7. The number of rotatable bonds is 17. The SMILES string of the molecule is C[CH]COC(C)COC(C)COCCCCCCCCCC. The molecule has 133 valence electrons. The third-order valence-corrected chi connectivity index (χ3v) is 3.66. The van der Waals surface area contributed by atoms with E-state index in [2.05, 4.69) is 13.8 Å². The molecule has 0 rings (SSSR count). The molecule has 3 heteroatoms. The maximum atomic E-state index is 5.72. The van der Waals surface area contributed by atoms with Crippen molar-refractivity contribution in [2.45, 2.75) is 91.3 Å². The molecule has 0 saturated carbocycles. The molecule has 0 saturated heterocycles. The van der Waals surface area contributed by atoms with Crippen molar-refractivity contribution in [3.63, 3.8) is 0 Å². The Morgan fingerprint density at radius 3 is 2.00 bits per heavy atom. The fraction of sp³-hybridized carbons (Fsp3) is 0.947. The topological polar surface area (TPSA) is 27.7 Å². The second-order valence-corrected chi connectivity index (χ2v) is 6.25. The molecule has 0 spiro atoms. The lowest BCUT2D eigenvalue weighted by Crippen LogP contribution is -2.23. The molecule has 2 unspecified atom stereocenters. The fourth-order valence-corrected chi connectivity index (χ4v) is 2.24. The monoisotopic (exact) mass is 315 g/mol. The van der Waals surface area contributed by atoms with E-state index in [0.29, 0.717) is 19.8 Å². The van der Waals surface area contributed by atoms with Gasteiger partial charge >= 0.3 is 0 Å². The second-order valence-electron chi connectivity index (χ2n) is 6.25. The molecule has 0 aromatic carbocycles. The van der Waals surface area contributed by atoms with E-state index in [1.807, 2.05) is 20.3 Å². The maximum Gasteiger partial charge on any atom is 0.0781 e. The first-order valence-corrected chi connectivity index (χ1v) is 9.29. The summed E-state index contributed by atoms with van der Waals surface area (Å²) in [6.07, 6.45) is 13.0. The minimum Gasteiger partial charge on any atom is -0.379 e. The van der Waals surface area contributed by atoms with Gasteiger partial charge in [-0.25, -0.2) is 0 Å². The first-order valence-electron chi connectivity index (χ1n) is 9.29. The van der Waals surface area contributed by atoms with Gasteiger partial charge in [-0.2, -0.15) is 0 Å². The summed E-state index contributed by atoms with van der Waals surface area (Å²) in [5.74, 6) is 0.